The highest BCUT2D eigenvalue weighted by atomic mass is 15.2. The Morgan fingerprint density at radius 2 is 1.53 bits per heavy atom. The van der Waals surface area contributed by atoms with Gasteiger partial charge in [-0.3, -0.25) is 20.1 Å². The minimum atomic E-state index is 0.630. The number of nitrogens with one attached hydrogen (secondary N) is 2. The molecule has 0 aromatic carbocycles. The molecule has 0 spiro atoms. The van der Waals surface area contributed by atoms with Crippen LogP contribution in [0.3, 0.4) is 0 Å². The molecule has 8 heteroatoms. The SMILES string of the molecule is c1ccc(-c2ccc3[nH]nc(-c4nc5c(-c6ccncc6)nccc5[nH]4)c3n2)nc1. The molecular formula is C22H14N8. The van der Waals surface area contributed by atoms with Gasteiger partial charge >= 0.3 is 0 Å². The lowest BCUT2D eigenvalue weighted by Gasteiger charge is -2.00. The predicted molar refractivity (Wildman–Crippen MR) is 113 cm³/mol. The van der Waals surface area contributed by atoms with Crippen LogP contribution in [0.15, 0.2) is 73.3 Å². The highest BCUT2D eigenvalue weighted by Crippen LogP contribution is 2.30. The predicted octanol–water partition coefficient (Wildman–Crippen LogP) is 4.02. The first kappa shape index (κ1) is 16.5. The molecule has 0 bridgehead atoms. The fourth-order valence-electron chi connectivity index (χ4n) is 3.49. The van der Waals surface area contributed by atoms with E-state index in [-0.39, 0.29) is 0 Å². The zero-order valence-electron chi connectivity index (χ0n) is 15.6. The van der Waals surface area contributed by atoms with Gasteiger partial charge in [-0.05, 0) is 42.5 Å². The summed E-state index contributed by atoms with van der Waals surface area (Å²) in [5, 5.41) is 7.51. The third kappa shape index (κ3) is 2.62. The summed E-state index contributed by atoms with van der Waals surface area (Å²) in [4.78, 5) is 26.0. The largest absolute Gasteiger partial charge is 0.336 e. The van der Waals surface area contributed by atoms with E-state index in [1.165, 1.54) is 0 Å². The second kappa shape index (κ2) is 6.56. The van der Waals surface area contributed by atoms with Gasteiger partial charge in [0.05, 0.1) is 28.1 Å². The number of nitrogens with zero attached hydrogens (tertiary/aromatic N) is 6. The van der Waals surface area contributed by atoms with Crippen LogP contribution in [0, 0.1) is 0 Å². The van der Waals surface area contributed by atoms with Gasteiger partial charge < -0.3 is 4.98 Å². The van der Waals surface area contributed by atoms with Gasteiger partial charge in [-0.2, -0.15) is 5.10 Å². The van der Waals surface area contributed by atoms with Crippen LogP contribution in [-0.4, -0.2) is 40.1 Å². The molecule has 6 rings (SSSR count). The van der Waals surface area contributed by atoms with E-state index in [1.54, 1.807) is 24.8 Å². The highest BCUT2D eigenvalue weighted by Gasteiger charge is 2.17. The summed E-state index contributed by atoms with van der Waals surface area (Å²) >= 11 is 0. The highest BCUT2D eigenvalue weighted by molar-refractivity contribution is 5.94. The van der Waals surface area contributed by atoms with Crippen molar-refractivity contribution in [3.05, 3.63) is 73.3 Å². The van der Waals surface area contributed by atoms with E-state index in [2.05, 4.69) is 30.1 Å². The summed E-state index contributed by atoms with van der Waals surface area (Å²) in [7, 11) is 0. The van der Waals surface area contributed by atoms with Crippen molar-refractivity contribution in [1.82, 2.24) is 40.1 Å². The fraction of sp³-hybridized carbons (Fsp3) is 0. The summed E-state index contributed by atoms with van der Waals surface area (Å²) in [5.41, 5.74) is 7.20. The molecule has 0 amide bonds. The molecule has 0 aliphatic carbocycles. The van der Waals surface area contributed by atoms with Crippen molar-refractivity contribution < 1.29 is 0 Å². The molecule has 0 saturated heterocycles. The van der Waals surface area contributed by atoms with Gasteiger partial charge in [0.25, 0.3) is 0 Å². The molecule has 30 heavy (non-hydrogen) atoms. The molecule has 0 radical (unpaired) electrons. The van der Waals surface area contributed by atoms with Crippen molar-refractivity contribution in [1.29, 1.82) is 0 Å². The quantitative estimate of drug-likeness (QED) is 0.472. The van der Waals surface area contributed by atoms with Crippen molar-refractivity contribution in [2.24, 2.45) is 0 Å². The molecular weight excluding hydrogens is 376 g/mol. The lowest BCUT2D eigenvalue weighted by molar-refractivity contribution is 1.10. The summed E-state index contributed by atoms with van der Waals surface area (Å²) < 4.78 is 0. The van der Waals surface area contributed by atoms with Crippen LogP contribution in [0.1, 0.15) is 0 Å². The number of rotatable bonds is 3. The Bertz CT molecular complexity index is 1490. The lowest BCUT2D eigenvalue weighted by Crippen LogP contribution is -1.88. The second-order valence-electron chi connectivity index (χ2n) is 6.76. The minimum absolute atomic E-state index is 0.630. The summed E-state index contributed by atoms with van der Waals surface area (Å²) in [6, 6.07) is 15.4. The van der Waals surface area contributed by atoms with Crippen LogP contribution >= 0.6 is 0 Å². The molecule has 0 atom stereocenters. The van der Waals surface area contributed by atoms with E-state index in [0.717, 1.165) is 44.7 Å². The van der Waals surface area contributed by atoms with Gasteiger partial charge in [0, 0.05) is 30.4 Å². The van der Waals surface area contributed by atoms with Crippen molar-refractivity contribution in [2.45, 2.75) is 0 Å². The van der Waals surface area contributed by atoms with Gasteiger partial charge in [0.15, 0.2) is 11.5 Å². The van der Waals surface area contributed by atoms with Gasteiger partial charge in [-0.25, -0.2) is 9.97 Å². The Hall–Kier alpha value is -4.46. The normalized spacial score (nSPS) is 11.3. The zero-order valence-corrected chi connectivity index (χ0v) is 15.6. The minimum Gasteiger partial charge on any atom is -0.336 e. The Labute approximate surface area is 170 Å². The number of imidazole rings is 1. The maximum Gasteiger partial charge on any atom is 0.161 e. The number of aromatic amines is 2. The van der Waals surface area contributed by atoms with Crippen molar-refractivity contribution in [3.63, 3.8) is 0 Å². The molecule has 0 aliphatic rings. The van der Waals surface area contributed by atoms with E-state index in [9.17, 15) is 0 Å². The van der Waals surface area contributed by atoms with E-state index in [1.807, 2.05) is 48.5 Å². The number of H-pyrrole nitrogens is 2. The van der Waals surface area contributed by atoms with Crippen LogP contribution in [0.25, 0.3) is 56.2 Å². The Morgan fingerprint density at radius 1 is 0.633 bits per heavy atom. The maximum absolute atomic E-state index is 4.81. The smallest absolute Gasteiger partial charge is 0.161 e. The van der Waals surface area contributed by atoms with Crippen LogP contribution < -0.4 is 0 Å². The summed E-state index contributed by atoms with van der Waals surface area (Å²) in [6.45, 7) is 0. The molecule has 6 heterocycles. The van der Waals surface area contributed by atoms with Crippen LogP contribution in [-0.2, 0) is 0 Å². The van der Waals surface area contributed by atoms with Crippen LogP contribution in [0.2, 0.25) is 0 Å². The molecule has 0 fully saturated rings. The van der Waals surface area contributed by atoms with Crippen LogP contribution in [0.5, 0.6) is 0 Å². The first-order valence-corrected chi connectivity index (χ1v) is 9.39. The molecule has 8 nitrogen and oxygen atoms in total. The summed E-state index contributed by atoms with van der Waals surface area (Å²) in [6.07, 6.45) is 7.01. The number of hydrogen-bond donors (Lipinski definition) is 2. The standard InChI is InChI=1S/C22H14N8/c1-2-9-24-14(3-1)15-4-5-17-20(26-15)21(30-29-17)22-27-16-8-12-25-18(19(16)28-22)13-6-10-23-11-7-13/h1-12H,(H,27,28)(H,29,30). The van der Waals surface area contributed by atoms with E-state index in [4.69, 9.17) is 9.97 Å². The molecule has 0 unspecified atom stereocenters. The number of fused-ring (bicyclic) bond motifs is 2. The van der Waals surface area contributed by atoms with E-state index in [0.29, 0.717) is 11.5 Å². The van der Waals surface area contributed by atoms with E-state index >= 15 is 0 Å². The number of pyridine rings is 4. The Morgan fingerprint density at radius 3 is 2.40 bits per heavy atom. The van der Waals surface area contributed by atoms with Crippen molar-refractivity contribution in [2.75, 3.05) is 0 Å². The average molecular weight is 390 g/mol. The average Bonchev–Trinajstić information content (AvgIpc) is 3.43. The summed E-state index contributed by atoms with van der Waals surface area (Å²) in [5.74, 6) is 0.630. The van der Waals surface area contributed by atoms with E-state index < -0.39 is 0 Å². The Kier molecular flexibility index (Phi) is 3.60. The molecule has 6 aromatic rings. The topological polar surface area (TPSA) is 109 Å². The van der Waals surface area contributed by atoms with Crippen molar-refractivity contribution in [3.8, 4) is 34.2 Å². The third-order valence-corrected chi connectivity index (χ3v) is 4.91. The van der Waals surface area contributed by atoms with Crippen molar-refractivity contribution >= 4 is 22.1 Å². The number of aromatic nitrogens is 8. The first-order chi connectivity index (χ1) is 14.9. The zero-order chi connectivity index (χ0) is 19.9. The lowest BCUT2D eigenvalue weighted by atomic mass is 10.1. The fourth-order valence-corrected chi connectivity index (χ4v) is 3.49. The monoisotopic (exact) mass is 390 g/mol. The van der Waals surface area contributed by atoms with Gasteiger partial charge in [0.2, 0.25) is 0 Å². The molecule has 2 N–H and O–H groups in total. The van der Waals surface area contributed by atoms with Crippen LogP contribution in [0.4, 0.5) is 0 Å². The van der Waals surface area contributed by atoms with Gasteiger partial charge in [0.1, 0.15) is 11.0 Å². The number of hydrogen-bond acceptors (Lipinski definition) is 6. The van der Waals surface area contributed by atoms with Gasteiger partial charge in [-0.15, -0.1) is 0 Å². The Balaban J connectivity index is 1.52. The molecule has 6 aromatic heterocycles. The maximum atomic E-state index is 4.81. The molecule has 142 valence electrons. The third-order valence-electron chi connectivity index (χ3n) is 4.91. The van der Waals surface area contributed by atoms with Gasteiger partial charge in [-0.1, -0.05) is 6.07 Å². The molecule has 0 saturated carbocycles. The molecule has 0 aliphatic heterocycles. The first-order valence-electron chi connectivity index (χ1n) is 9.39. The second-order valence-corrected chi connectivity index (χ2v) is 6.76.